The van der Waals surface area contributed by atoms with Crippen LogP contribution in [0.2, 0.25) is 0 Å². The maximum Gasteiger partial charge on any atom is 0.261 e. The number of anilines is 3. The molecule has 5 nitrogen and oxygen atoms in total. The monoisotopic (exact) mass is 368 g/mol. The predicted octanol–water partition coefficient (Wildman–Crippen LogP) is 4.55. The third-order valence-corrected chi connectivity index (χ3v) is 5.25. The van der Waals surface area contributed by atoms with Gasteiger partial charge in [-0.05, 0) is 55.5 Å². The Kier molecular flexibility index (Phi) is 5.14. The van der Waals surface area contributed by atoms with Crippen LogP contribution in [0.15, 0.2) is 77.7 Å². The van der Waals surface area contributed by atoms with Gasteiger partial charge in [-0.2, -0.15) is 0 Å². The highest BCUT2D eigenvalue weighted by Gasteiger charge is 2.13. The highest BCUT2D eigenvalue weighted by Crippen LogP contribution is 2.27. The second kappa shape index (κ2) is 7.49. The summed E-state index contributed by atoms with van der Waals surface area (Å²) in [5.41, 5.74) is 3.17. The van der Waals surface area contributed by atoms with Gasteiger partial charge in [-0.25, -0.2) is 8.42 Å². The standard InChI is InChI=1S/C20H20N2O3S/c1-15-7-13-18(14-8-15)26(23,24)22-17-11-9-16(10-12-17)21-19-5-3-4-6-20(19)25-2/h3-14,21-22H,1-2H3. The average Bonchev–Trinajstić information content (AvgIpc) is 2.64. The summed E-state index contributed by atoms with van der Waals surface area (Å²) in [5, 5.41) is 3.25. The van der Waals surface area contributed by atoms with Gasteiger partial charge in [0.2, 0.25) is 0 Å². The quantitative estimate of drug-likeness (QED) is 0.670. The molecule has 0 aliphatic heterocycles. The van der Waals surface area contributed by atoms with E-state index in [2.05, 4.69) is 10.0 Å². The number of hydrogen-bond acceptors (Lipinski definition) is 4. The van der Waals surface area contributed by atoms with Crippen LogP contribution in [0, 0.1) is 6.92 Å². The Balaban J connectivity index is 1.74. The number of ether oxygens (including phenoxy) is 1. The predicted molar refractivity (Wildman–Crippen MR) is 105 cm³/mol. The van der Waals surface area contributed by atoms with Gasteiger partial charge in [0, 0.05) is 11.4 Å². The summed E-state index contributed by atoms with van der Waals surface area (Å²) >= 11 is 0. The number of hydrogen-bond donors (Lipinski definition) is 2. The molecular formula is C20H20N2O3S. The van der Waals surface area contributed by atoms with E-state index in [4.69, 9.17) is 4.74 Å². The molecule has 0 saturated heterocycles. The lowest BCUT2D eigenvalue weighted by atomic mass is 10.2. The van der Waals surface area contributed by atoms with Gasteiger partial charge in [0.05, 0.1) is 17.7 Å². The zero-order valence-corrected chi connectivity index (χ0v) is 15.4. The molecule has 0 spiro atoms. The number of methoxy groups -OCH3 is 1. The molecule has 2 N–H and O–H groups in total. The molecule has 0 bridgehead atoms. The molecule has 3 rings (SSSR count). The summed E-state index contributed by atoms with van der Waals surface area (Å²) in [7, 11) is -1.99. The molecule has 3 aromatic carbocycles. The third-order valence-electron chi connectivity index (χ3n) is 3.85. The molecule has 0 aromatic heterocycles. The van der Waals surface area contributed by atoms with Crippen LogP contribution in [-0.2, 0) is 10.0 Å². The molecule has 0 fully saturated rings. The Morgan fingerprint density at radius 2 is 1.42 bits per heavy atom. The van der Waals surface area contributed by atoms with Gasteiger partial charge < -0.3 is 10.1 Å². The van der Waals surface area contributed by atoms with Gasteiger partial charge in [0.25, 0.3) is 10.0 Å². The fourth-order valence-corrected chi connectivity index (χ4v) is 3.52. The summed E-state index contributed by atoms with van der Waals surface area (Å²) in [6, 6.07) is 21.3. The van der Waals surface area contributed by atoms with Gasteiger partial charge in [-0.3, -0.25) is 4.72 Å². The van der Waals surface area contributed by atoms with E-state index in [-0.39, 0.29) is 4.90 Å². The van der Waals surface area contributed by atoms with Crippen molar-refractivity contribution in [2.75, 3.05) is 17.1 Å². The van der Waals surface area contributed by atoms with Crippen LogP contribution in [0.3, 0.4) is 0 Å². The van der Waals surface area contributed by atoms with Crippen molar-refractivity contribution >= 4 is 27.1 Å². The third kappa shape index (κ3) is 4.15. The van der Waals surface area contributed by atoms with Crippen LogP contribution in [-0.4, -0.2) is 15.5 Å². The van der Waals surface area contributed by atoms with Crippen molar-refractivity contribution in [3.8, 4) is 5.75 Å². The van der Waals surface area contributed by atoms with Gasteiger partial charge in [0.1, 0.15) is 5.75 Å². The molecule has 0 saturated carbocycles. The van der Waals surface area contributed by atoms with E-state index < -0.39 is 10.0 Å². The number of sulfonamides is 1. The Morgan fingerprint density at radius 1 is 0.808 bits per heavy atom. The van der Waals surface area contributed by atoms with Crippen molar-refractivity contribution in [1.29, 1.82) is 0 Å². The first-order chi connectivity index (χ1) is 12.5. The molecule has 0 aliphatic carbocycles. The molecule has 134 valence electrons. The number of para-hydroxylation sites is 2. The first kappa shape index (κ1) is 17.8. The van der Waals surface area contributed by atoms with Gasteiger partial charge in [-0.1, -0.05) is 29.8 Å². The lowest BCUT2D eigenvalue weighted by Gasteiger charge is -2.12. The highest BCUT2D eigenvalue weighted by molar-refractivity contribution is 7.92. The van der Waals surface area contributed by atoms with E-state index in [0.29, 0.717) is 5.69 Å². The van der Waals surface area contributed by atoms with Gasteiger partial charge >= 0.3 is 0 Å². The topological polar surface area (TPSA) is 67.4 Å². The molecule has 0 unspecified atom stereocenters. The van der Waals surface area contributed by atoms with E-state index in [1.54, 1.807) is 55.6 Å². The molecule has 0 atom stereocenters. The largest absolute Gasteiger partial charge is 0.495 e. The van der Waals surface area contributed by atoms with Crippen molar-refractivity contribution < 1.29 is 13.2 Å². The van der Waals surface area contributed by atoms with Crippen LogP contribution in [0.4, 0.5) is 17.1 Å². The normalized spacial score (nSPS) is 11.0. The SMILES string of the molecule is COc1ccccc1Nc1ccc(NS(=O)(=O)c2ccc(C)cc2)cc1. The second-order valence-electron chi connectivity index (χ2n) is 5.82. The van der Waals surface area contributed by atoms with Crippen molar-refractivity contribution in [2.24, 2.45) is 0 Å². The molecule has 6 heteroatoms. The molecule has 0 aliphatic rings. The fraction of sp³-hybridized carbons (Fsp3) is 0.100. The number of rotatable bonds is 6. The van der Waals surface area contributed by atoms with Crippen molar-refractivity contribution in [3.63, 3.8) is 0 Å². The van der Waals surface area contributed by atoms with Crippen LogP contribution < -0.4 is 14.8 Å². The minimum absolute atomic E-state index is 0.235. The number of aryl methyl sites for hydroxylation is 1. The second-order valence-corrected chi connectivity index (χ2v) is 7.50. The average molecular weight is 368 g/mol. The van der Waals surface area contributed by atoms with Crippen LogP contribution >= 0.6 is 0 Å². The molecule has 26 heavy (non-hydrogen) atoms. The maximum atomic E-state index is 12.4. The number of benzene rings is 3. The van der Waals surface area contributed by atoms with E-state index in [1.807, 2.05) is 31.2 Å². The summed E-state index contributed by atoms with van der Waals surface area (Å²) in [6.45, 7) is 1.91. The molecule has 3 aromatic rings. The Bertz CT molecular complexity index is 982. The summed E-state index contributed by atoms with van der Waals surface area (Å²) in [6.07, 6.45) is 0. The van der Waals surface area contributed by atoms with Crippen LogP contribution in [0.5, 0.6) is 5.75 Å². The lowest BCUT2D eigenvalue weighted by Crippen LogP contribution is -2.12. The van der Waals surface area contributed by atoms with Crippen LogP contribution in [0.25, 0.3) is 0 Å². The van der Waals surface area contributed by atoms with Crippen LogP contribution in [0.1, 0.15) is 5.56 Å². The highest BCUT2D eigenvalue weighted by atomic mass is 32.2. The Labute approximate surface area is 153 Å². The molecular weight excluding hydrogens is 348 g/mol. The van der Waals surface area contributed by atoms with Gasteiger partial charge in [-0.15, -0.1) is 0 Å². The first-order valence-corrected chi connectivity index (χ1v) is 9.56. The zero-order chi connectivity index (χ0) is 18.6. The van der Waals surface area contributed by atoms with Crippen molar-refractivity contribution in [3.05, 3.63) is 78.4 Å². The zero-order valence-electron chi connectivity index (χ0n) is 14.6. The van der Waals surface area contributed by atoms with E-state index in [0.717, 1.165) is 22.7 Å². The van der Waals surface area contributed by atoms with E-state index in [9.17, 15) is 8.42 Å². The Morgan fingerprint density at radius 3 is 2.08 bits per heavy atom. The first-order valence-electron chi connectivity index (χ1n) is 8.07. The summed E-state index contributed by atoms with van der Waals surface area (Å²) in [5.74, 6) is 0.733. The maximum absolute atomic E-state index is 12.4. The van der Waals surface area contributed by atoms with Crippen molar-refractivity contribution in [2.45, 2.75) is 11.8 Å². The summed E-state index contributed by atoms with van der Waals surface area (Å²) < 4.78 is 32.8. The lowest BCUT2D eigenvalue weighted by molar-refractivity contribution is 0.417. The van der Waals surface area contributed by atoms with E-state index in [1.165, 1.54) is 0 Å². The van der Waals surface area contributed by atoms with E-state index >= 15 is 0 Å². The number of nitrogens with one attached hydrogen (secondary N) is 2. The van der Waals surface area contributed by atoms with Gasteiger partial charge in [0.15, 0.2) is 0 Å². The minimum atomic E-state index is -3.60. The fourth-order valence-electron chi connectivity index (χ4n) is 2.46. The van der Waals surface area contributed by atoms with Crippen molar-refractivity contribution in [1.82, 2.24) is 0 Å². The summed E-state index contributed by atoms with van der Waals surface area (Å²) in [4.78, 5) is 0.235. The smallest absolute Gasteiger partial charge is 0.261 e. The molecule has 0 heterocycles. The Hall–Kier alpha value is -2.99. The molecule has 0 radical (unpaired) electrons. The molecule has 0 amide bonds. The minimum Gasteiger partial charge on any atom is -0.495 e.